The molecule has 2 aromatic carbocycles. The third-order valence-electron chi connectivity index (χ3n) is 3.23. The molecule has 3 heteroatoms. The summed E-state index contributed by atoms with van der Waals surface area (Å²) < 4.78 is 10.8. The number of benzene rings is 2. The zero-order valence-electron chi connectivity index (χ0n) is 11.3. The fraction of sp³-hybridized carbons (Fsp3) is 0.118. The number of rotatable bonds is 3. The van der Waals surface area contributed by atoms with Crippen LogP contribution in [0, 0.1) is 6.92 Å². The van der Waals surface area contributed by atoms with Gasteiger partial charge < -0.3 is 9.15 Å². The first-order valence-electron chi connectivity index (χ1n) is 6.36. The number of hydrogen-bond acceptors (Lipinski definition) is 3. The molecule has 0 aliphatic carbocycles. The Kier molecular flexibility index (Phi) is 3.03. The fourth-order valence-electron chi connectivity index (χ4n) is 2.18. The van der Waals surface area contributed by atoms with Crippen LogP contribution in [0.4, 0.5) is 0 Å². The Morgan fingerprint density at radius 2 is 1.95 bits per heavy atom. The van der Waals surface area contributed by atoms with E-state index in [1.165, 1.54) is 0 Å². The number of ether oxygens (including phenoxy) is 1. The lowest BCUT2D eigenvalue weighted by molar-refractivity contribution is 0.101. The van der Waals surface area contributed by atoms with E-state index in [0.29, 0.717) is 17.1 Å². The van der Waals surface area contributed by atoms with E-state index in [2.05, 4.69) is 0 Å². The number of furan rings is 1. The van der Waals surface area contributed by atoms with Gasteiger partial charge in [-0.15, -0.1) is 0 Å². The second-order valence-corrected chi connectivity index (χ2v) is 4.71. The van der Waals surface area contributed by atoms with E-state index in [4.69, 9.17) is 9.15 Å². The van der Waals surface area contributed by atoms with Crippen LogP contribution in [0.5, 0.6) is 5.75 Å². The van der Waals surface area contributed by atoms with Crippen molar-refractivity contribution in [2.45, 2.75) is 6.92 Å². The molecule has 0 N–H and O–H groups in total. The fourth-order valence-corrected chi connectivity index (χ4v) is 2.18. The monoisotopic (exact) mass is 266 g/mol. The predicted octanol–water partition coefficient (Wildman–Crippen LogP) is 3.98. The maximum atomic E-state index is 12.4. The van der Waals surface area contributed by atoms with Crippen molar-refractivity contribution >= 4 is 16.8 Å². The van der Waals surface area contributed by atoms with E-state index in [-0.39, 0.29) is 5.78 Å². The van der Waals surface area contributed by atoms with Crippen LogP contribution in [0.3, 0.4) is 0 Å². The quantitative estimate of drug-likeness (QED) is 0.673. The smallest absolute Gasteiger partial charge is 0.228 e. The van der Waals surface area contributed by atoms with Gasteiger partial charge in [-0.05, 0) is 37.3 Å². The predicted molar refractivity (Wildman–Crippen MR) is 77.4 cm³/mol. The first-order valence-corrected chi connectivity index (χ1v) is 6.36. The molecule has 0 saturated carbocycles. The Bertz CT molecular complexity index is 784. The molecule has 0 fully saturated rings. The molecule has 3 nitrogen and oxygen atoms in total. The largest absolute Gasteiger partial charge is 0.497 e. The maximum Gasteiger partial charge on any atom is 0.228 e. The van der Waals surface area contributed by atoms with Gasteiger partial charge in [-0.2, -0.15) is 0 Å². The van der Waals surface area contributed by atoms with Crippen LogP contribution in [-0.4, -0.2) is 12.9 Å². The number of aryl methyl sites for hydroxylation is 1. The number of methoxy groups -OCH3 is 1. The average molecular weight is 266 g/mol. The molecule has 0 aliphatic heterocycles. The average Bonchev–Trinajstić information content (AvgIpc) is 2.89. The number of carbonyl (C=O) groups excluding carboxylic acids is 1. The summed E-state index contributed by atoms with van der Waals surface area (Å²) in [7, 11) is 1.58. The molecule has 20 heavy (non-hydrogen) atoms. The van der Waals surface area contributed by atoms with Crippen molar-refractivity contribution in [1.29, 1.82) is 0 Å². The van der Waals surface area contributed by atoms with E-state index in [0.717, 1.165) is 16.5 Å². The normalized spacial score (nSPS) is 10.7. The van der Waals surface area contributed by atoms with E-state index < -0.39 is 0 Å². The number of fused-ring (bicyclic) bond motifs is 1. The number of hydrogen-bond donors (Lipinski definition) is 0. The SMILES string of the molecule is COc1cccc(C(=O)c2cc3cc(C)ccc3o2)c1. The molecular formula is C17H14O3. The van der Waals surface area contributed by atoms with Gasteiger partial charge in [-0.1, -0.05) is 23.8 Å². The second kappa shape index (κ2) is 4.85. The minimum atomic E-state index is -0.141. The lowest BCUT2D eigenvalue weighted by atomic mass is 10.1. The molecule has 1 heterocycles. The van der Waals surface area contributed by atoms with Gasteiger partial charge in [0.05, 0.1) is 7.11 Å². The van der Waals surface area contributed by atoms with E-state index in [1.807, 2.05) is 25.1 Å². The Morgan fingerprint density at radius 3 is 2.75 bits per heavy atom. The third-order valence-corrected chi connectivity index (χ3v) is 3.23. The molecule has 0 saturated heterocycles. The summed E-state index contributed by atoms with van der Waals surface area (Å²) in [5, 5.41) is 0.941. The molecule has 0 spiro atoms. The molecule has 0 radical (unpaired) electrons. The van der Waals surface area contributed by atoms with E-state index in [1.54, 1.807) is 37.4 Å². The van der Waals surface area contributed by atoms with Crippen molar-refractivity contribution in [3.8, 4) is 5.75 Å². The molecule has 1 aromatic heterocycles. The van der Waals surface area contributed by atoms with Crippen molar-refractivity contribution in [2.75, 3.05) is 7.11 Å². The summed E-state index contributed by atoms with van der Waals surface area (Å²) in [5.41, 5.74) is 2.42. The summed E-state index contributed by atoms with van der Waals surface area (Å²) in [6.45, 7) is 2.01. The van der Waals surface area contributed by atoms with E-state index >= 15 is 0 Å². The summed E-state index contributed by atoms with van der Waals surface area (Å²) in [6, 6.07) is 14.7. The van der Waals surface area contributed by atoms with Crippen molar-refractivity contribution in [1.82, 2.24) is 0 Å². The van der Waals surface area contributed by atoms with Gasteiger partial charge in [0.2, 0.25) is 5.78 Å². The van der Waals surface area contributed by atoms with Gasteiger partial charge in [0.1, 0.15) is 11.3 Å². The van der Waals surface area contributed by atoms with Crippen LogP contribution in [-0.2, 0) is 0 Å². The van der Waals surface area contributed by atoms with Gasteiger partial charge >= 0.3 is 0 Å². The molecule has 0 amide bonds. The van der Waals surface area contributed by atoms with Crippen molar-refractivity contribution in [3.63, 3.8) is 0 Å². The number of carbonyl (C=O) groups is 1. The minimum Gasteiger partial charge on any atom is -0.497 e. The van der Waals surface area contributed by atoms with Crippen molar-refractivity contribution < 1.29 is 13.9 Å². The van der Waals surface area contributed by atoms with Crippen LogP contribution < -0.4 is 4.74 Å². The molecule has 0 aliphatic rings. The van der Waals surface area contributed by atoms with Crippen LogP contribution >= 0.6 is 0 Å². The lowest BCUT2D eigenvalue weighted by Gasteiger charge is -2.01. The highest BCUT2D eigenvalue weighted by Crippen LogP contribution is 2.23. The number of ketones is 1. The Labute approximate surface area is 116 Å². The zero-order valence-corrected chi connectivity index (χ0v) is 11.3. The van der Waals surface area contributed by atoms with Gasteiger partial charge in [0.15, 0.2) is 5.76 Å². The topological polar surface area (TPSA) is 39.4 Å². The summed E-state index contributed by atoms with van der Waals surface area (Å²) in [6.07, 6.45) is 0. The van der Waals surface area contributed by atoms with Crippen LogP contribution in [0.25, 0.3) is 11.0 Å². The Morgan fingerprint density at radius 1 is 1.10 bits per heavy atom. The van der Waals surface area contributed by atoms with Crippen molar-refractivity contribution in [2.24, 2.45) is 0 Å². The van der Waals surface area contributed by atoms with Crippen molar-refractivity contribution in [3.05, 3.63) is 65.4 Å². The molecule has 3 aromatic rings. The molecule has 3 rings (SSSR count). The highest BCUT2D eigenvalue weighted by molar-refractivity contribution is 6.09. The van der Waals surface area contributed by atoms with Crippen LogP contribution in [0.15, 0.2) is 52.9 Å². The second-order valence-electron chi connectivity index (χ2n) is 4.71. The third kappa shape index (κ3) is 2.18. The Hall–Kier alpha value is -2.55. The van der Waals surface area contributed by atoms with Crippen LogP contribution in [0.2, 0.25) is 0 Å². The molecule has 100 valence electrons. The molecular weight excluding hydrogens is 252 g/mol. The van der Waals surface area contributed by atoms with Gasteiger partial charge in [0, 0.05) is 10.9 Å². The zero-order chi connectivity index (χ0) is 14.1. The molecule has 0 bridgehead atoms. The first-order chi connectivity index (χ1) is 9.67. The van der Waals surface area contributed by atoms with Crippen LogP contribution in [0.1, 0.15) is 21.7 Å². The molecule has 0 atom stereocenters. The molecule has 0 unspecified atom stereocenters. The highest BCUT2D eigenvalue weighted by atomic mass is 16.5. The summed E-state index contributed by atoms with van der Waals surface area (Å²) >= 11 is 0. The first kappa shape index (κ1) is 12.5. The minimum absolute atomic E-state index is 0.141. The van der Waals surface area contributed by atoms with E-state index in [9.17, 15) is 4.79 Å². The Balaban J connectivity index is 2.03. The summed E-state index contributed by atoms with van der Waals surface area (Å²) in [4.78, 5) is 12.4. The van der Waals surface area contributed by atoms with Gasteiger partial charge in [-0.25, -0.2) is 0 Å². The van der Waals surface area contributed by atoms with Gasteiger partial charge in [-0.3, -0.25) is 4.79 Å². The van der Waals surface area contributed by atoms with Gasteiger partial charge in [0.25, 0.3) is 0 Å². The lowest BCUT2D eigenvalue weighted by Crippen LogP contribution is -1.99. The maximum absolute atomic E-state index is 12.4. The standard InChI is InChI=1S/C17H14O3/c1-11-6-7-15-13(8-11)10-16(20-15)17(18)12-4-3-5-14(9-12)19-2/h3-10H,1-2H3. The summed E-state index contributed by atoms with van der Waals surface area (Å²) in [5.74, 6) is 0.861. The highest BCUT2D eigenvalue weighted by Gasteiger charge is 2.15.